The number of benzene rings is 3. The molecule has 8 heteroatoms. The zero-order valence-corrected chi connectivity index (χ0v) is 18.2. The van der Waals surface area contributed by atoms with Gasteiger partial charge in [0, 0.05) is 35.7 Å². The summed E-state index contributed by atoms with van der Waals surface area (Å²) in [6, 6.07) is 17.3. The van der Waals surface area contributed by atoms with Crippen molar-refractivity contribution in [3.05, 3.63) is 102 Å². The first-order chi connectivity index (χ1) is 16.2. The normalized spacial score (nSPS) is 13.1. The van der Waals surface area contributed by atoms with Crippen LogP contribution in [-0.2, 0) is 23.9 Å². The summed E-state index contributed by atoms with van der Waals surface area (Å²) >= 11 is 0. The Morgan fingerprint density at radius 3 is 2.41 bits per heavy atom. The van der Waals surface area contributed by atoms with Crippen molar-refractivity contribution in [3.63, 3.8) is 0 Å². The molecular weight excluding hydrogens is 443 g/mol. The Morgan fingerprint density at radius 2 is 1.71 bits per heavy atom. The number of anilines is 3. The zero-order valence-electron chi connectivity index (χ0n) is 18.2. The second kappa shape index (κ2) is 9.43. The molecule has 0 aromatic heterocycles. The lowest BCUT2D eigenvalue weighted by molar-refractivity contribution is -0.137. The molecule has 174 valence electrons. The van der Waals surface area contributed by atoms with Crippen LogP contribution < -0.4 is 10.6 Å². The third kappa shape index (κ3) is 5.11. The van der Waals surface area contributed by atoms with Gasteiger partial charge >= 0.3 is 6.18 Å². The Balaban J connectivity index is 1.49. The average molecular weight is 465 g/mol. The third-order valence-electron chi connectivity index (χ3n) is 5.61. The minimum absolute atomic E-state index is 0.151. The first-order valence-corrected chi connectivity index (χ1v) is 10.6. The number of fused-ring (bicyclic) bond motifs is 1. The number of amides is 2. The summed E-state index contributed by atoms with van der Waals surface area (Å²) in [5.74, 6) is -0.508. The summed E-state index contributed by atoms with van der Waals surface area (Å²) < 4.78 is 38.4. The molecule has 1 aliphatic rings. The van der Waals surface area contributed by atoms with E-state index in [0.29, 0.717) is 36.4 Å². The Labute approximate surface area is 194 Å². The van der Waals surface area contributed by atoms with E-state index in [1.165, 1.54) is 12.1 Å². The lowest BCUT2D eigenvalue weighted by Gasteiger charge is -2.30. The van der Waals surface area contributed by atoms with Crippen LogP contribution in [-0.4, -0.2) is 23.3 Å². The number of carbonyl (C=O) groups is 2. The van der Waals surface area contributed by atoms with Crippen molar-refractivity contribution in [1.82, 2.24) is 4.90 Å². The highest BCUT2D eigenvalue weighted by molar-refractivity contribution is 6.00. The molecule has 5 nitrogen and oxygen atoms in total. The van der Waals surface area contributed by atoms with Gasteiger partial charge in [0.1, 0.15) is 0 Å². The van der Waals surface area contributed by atoms with E-state index in [2.05, 4.69) is 17.2 Å². The van der Waals surface area contributed by atoms with Gasteiger partial charge in [-0.1, -0.05) is 24.8 Å². The van der Waals surface area contributed by atoms with Crippen LogP contribution in [0.5, 0.6) is 0 Å². The smallest absolute Gasteiger partial charge is 0.355 e. The van der Waals surface area contributed by atoms with Gasteiger partial charge in [0.05, 0.1) is 5.56 Å². The fraction of sp³-hybridized carbons (Fsp3) is 0.154. The minimum Gasteiger partial charge on any atom is -0.355 e. The van der Waals surface area contributed by atoms with Gasteiger partial charge in [0.15, 0.2) is 0 Å². The number of hydrogen-bond acceptors (Lipinski definition) is 3. The minimum atomic E-state index is -4.38. The largest absolute Gasteiger partial charge is 0.416 e. The summed E-state index contributed by atoms with van der Waals surface area (Å²) in [7, 11) is 0. The van der Waals surface area contributed by atoms with E-state index >= 15 is 0 Å². The molecule has 3 aromatic carbocycles. The molecule has 2 N–H and O–H groups in total. The van der Waals surface area contributed by atoms with E-state index in [9.17, 15) is 22.8 Å². The second-order valence-corrected chi connectivity index (χ2v) is 7.89. The third-order valence-corrected chi connectivity index (χ3v) is 5.61. The predicted molar refractivity (Wildman–Crippen MR) is 125 cm³/mol. The maximum Gasteiger partial charge on any atom is 0.416 e. The molecule has 2 amide bonds. The van der Waals surface area contributed by atoms with Crippen molar-refractivity contribution in [3.8, 4) is 0 Å². The fourth-order valence-electron chi connectivity index (χ4n) is 3.90. The Hall–Kier alpha value is -4.07. The molecule has 0 saturated heterocycles. The lowest BCUT2D eigenvalue weighted by Crippen LogP contribution is -2.36. The molecule has 0 spiro atoms. The van der Waals surface area contributed by atoms with Crippen molar-refractivity contribution < 1.29 is 22.8 Å². The molecule has 0 unspecified atom stereocenters. The molecule has 0 atom stereocenters. The van der Waals surface area contributed by atoms with Gasteiger partial charge in [-0.25, -0.2) is 0 Å². The quantitative estimate of drug-likeness (QED) is 0.470. The zero-order chi connectivity index (χ0) is 24.3. The SMILES string of the molecule is C=CC(=O)Nc1cccc(C(=O)N2CCc3c(cccc3Nc3ccc(C(F)(F)F)cc3)C2)c1. The number of hydrogen-bond donors (Lipinski definition) is 2. The van der Waals surface area contributed by atoms with Crippen LogP contribution in [0.1, 0.15) is 27.0 Å². The highest BCUT2D eigenvalue weighted by Crippen LogP contribution is 2.32. The van der Waals surface area contributed by atoms with Crippen LogP contribution in [0.25, 0.3) is 0 Å². The van der Waals surface area contributed by atoms with Gasteiger partial charge in [0.2, 0.25) is 5.91 Å². The number of alkyl halides is 3. The predicted octanol–water partition coefficient (Wildman–Crippen LogP) is 5.77. The number of rotatable bonds is 5. The van der Waals surface area contributed by atoms with E-state index in [1.54, 1.807) is 29.2 Å². The fourth-order valence-corrected chi connectivity index (χ4v) is 3.90. The molecule has 0 bridgehead atoms. The van der Waals surface area contributed by atoms with Crippen molar-refractivity contribution in [2.75, 3.05) is 17.2 Å². The summed E-state index contributed by atoms with van der Waals surface area (Å²) in [6.45, 7) is 4.31. The molecule has 4 rings (SSSR count). The van der Waals surface area contributed by atoms with Gasteiger partial charge in [-0.05, 0) is 72.2 Å². The first-order valence-electron chi connectivity index (χ1n) is 10.6. The van der Waals surface area contributed by atoms with Gasteiger partial charge in [-0.2, -0.15) is 13.2 Å². The van der Waals surface area contributed by atoms with Crippen molar-refractivity contribution in [2.45, 2.75) is 19.1 Å². The molecule has 0 aliphatic carbocycles. The molecular formula is C26H22F3N3O2. The molecule has 1 aliphatic heterocycles. The number of halogens is 3. The highest BCUT2D eigenvalue weighted by Gasteiger charge is 2.30. The molecule has 1 heterocycles. The summed E-state index contributed by atoms with van der Waals surface area (Å²) in [6.07, 6.45) is -2.62. The second-order valence-electron chi connectivity index (χ2n) is 7.89. The van der Waals surface area contributed by atoms with Crippen LogP contribution in [0.2, 0.25) is 0 Å². The number of nitrogens with one attached hydrogen (secondary N) is 2. The molecule has 0 saturated carbocycles. The highest BCUT2D eigenvalue weighted by atomic mass is 19.4. The van der Waals surface area contributed by atoms with Crippen molar-refractivity contribution in [1.29, 1.82) is 0 Å². The summed E-state index contributed by atoms with van der Waals surface area (Å²) in [5, 5.41) is 5.85. The molecule has 34 heavy (non-hydrogen) atoms. The first kappa shape index (κ1) is 23.1. The monoisotopic (exact) mass is 465 g/mol. The van der Waals surface area contributed by atoms with Gasteiger partial charge < -0.3 is 15.5 Å². The van der Waals surface area contributed by atoms with Crippen LogP contribution in [0.3, 0.4) is 0 Å². The number of nitrogens with zero attached hydrogens (tertiary/aromatic N) is 1. The van der Waals surface area contributed by atoms with Crippen LogP contribution in [0.4, 0.5) is 30.2 Å². The number of carbonyl (C=O) groups excluding carboxylic acids is 2. The topological polar surface area (TPSA) is 61.4 Å². The van der Waals surface area contributed by atoms with Crippen LogP contribution in [0.15, 0.2) is 79.4 Å². The standard InChI is InChI=1S/C26H22F3N3O2/c1-2-24(33)31-21-7-3-5-17(15-21)25(34)32-14-13-22-18(16-32)6-4-8-23(22)30-20-11-9-19(10-12-20)26(27,28)29/h2-12,15,30H,1,13-14,16H2,(H,31,33). The summed E-state index contributed by atoms with van der Waals surface area (Å²) in [4.78, 5) is 26.4. The van der Waals surface area contributed by atoms with Crippen molar-refractivity contribution in [2.24, 2.45) is 0 Å². The van der Waals surface area contributed by atoms with E-state index in [1.807, 2.05) is 18.2 Å². The molecule has 0 fully saturated rings. The Bertz CT molecular complexity index is 1240. The average Bonchev–Trinajstić information content (AvgIpc) is 2.83. The van der Waals surface area contributed by atoms with Gasteiger partial charge in [-0.3, -0.25) is 9.59 Å². The lowest BCUT2D eigenvalue weighted by atomic mass is 9.97. The van der Waals surface area contributed by atoms with E-state index < -0.39 is 11.7 Å². The molecule has 3 aromatic rings. The maximum atomic E-state index is 13.1. The summed E-state index contributed by atoms with van der Waals surface area (Å²) in [5.41, 5.74) is 3.62. The van der Waals surface area contributed by atoms with E-state index in [0.717, 1.165) is 35.0 Å². The Kier molecular flexibility index (Phi) is 6.40. The van der Waals surface area contributed by atoms with Crippen LogP contribution >= 0.6 is 0 Å². The van der Waals surface area contributed by atoms with E-state index in [4.69, 9.17) is 0 Å². The molecule has 0 radical (unpaired) electrons. The Morgan fingerprint density at radius 1 is 0.971 bits per heavy atom. The van der Waals surface area contributed by atoms with Crippen molar-refractivity contribution >= 4 is 28.9 Å². The maximum absolute atomic E-state index is 13.1. The van der Waals surface area contributed by atoms with E-state index in [-0.39, 0.29) is 11.8 Å². The van der Waals surface area contributed by atoms with Crippen LogP contribution in [0, 0.1) is 0 Å². The van der Waals surface area contributed by atoms with Gasteiger partial charge in [0.25, 0.3) is 5.91 Å². The van der Waals surface area contributed by atoms with Gasteiger partial charge in [-0.15, -0.1) is 0 Å².